The third-order valence-corrected chi connectivity index (χ3v) is 11.0. The van der Waals surface area contributed by atoms with Gasteiger partial charge in [-0.15, -0.1) is 0 Å². The van der Waals surface area contributed by atoms with Gasteiger partial charge in [-0.05, 0) is 105 Å². The molecule has 1 aliphatic rings. The maximum atomic E-state index is 2.46. The maximum Gasteiger partial charge on any atom is 0.0544 e. The molecule has 1 aromatic heterocycles. The summed E-state index contributed by atoms with van der Waals surface area (Å²) < 4.78 is 2.45. The zero-order chi connectivity index (χ0) is 34.1. The number of fused-ring (bicyclic) bond motifs is 7. The molecule has 0 atom stereocenters. The third kappa shape index (κ3) is 4.50. The highest BCUT2D eigenvalue weighted by molar-refractivity contribution is 6.14. The van der Waals surface area contributed by atoms with Crippen molar-refractivity contribution in [2.24, 2.45) is 0 Å². The van der Waals surface area contributed by atoms with Crippen molar-refractivity contribution in [2.45, 2.75) is 19.3 Å². The molecule has 0 N–H and O–H groups in total. The van der Waals surface area contributed by atoms with Gasteiger partial charge in [-0.1, -0.05) is 129 Å². The number of hydrogen-bond donors (Lipinski definition) is 0. The van der Waals surface area contributed by atoms with E-state index in [4.69, 9.17) is 0 Å². The van der Waals surface area contributed by atoms with E-state index < -0.39 is 0 Å². The van der Waals surface area contributed by atoms with E-state index in [1.165, 1.54) is 71.6 Å². The molecule has 9 aromatic rings. The number of aromatic nitrogens is 1. The van der Waals surface area contributed by atoms with Gasteiger partial charge in [0, 0.05) is 38.6 Å². The Morgan fingerprint density at radius 1 is 0.412 bits per heavy atom. The highest BCUT2D eigenvalue weighted by atomic mass is 15.1. The Hall–Kier alpha value is -6.38. The minimum Gasteiger partial charge on any atom is -0.310 e. The van der Waals surface area contributed by atoms with Gasteiger partial charge in [0.2, 0.25) is 0 Å². The van der Waals surface area contributed by atoms with Crippen LogP contribution in [0.4, 0.5) is 17.1 Å². The molecule has 0 fully saturated rings. The lowest BCUT2D eigenvalue weighted by atomic mass is 9.82. The SMILES string of the molecule is CC1(C)c2ccccc2-c2cc3c4cc(-c5ccc(N(c6ccccc6)c6ccccc6)c6ccccc56)ccc4n(-c4ccccc4)c3cc21. The van der Waals surface area contributed by atoms with E-state index >= 15 is 0 Å². The van der Waals surface area contributed by atoms with Crippen LogP contribution in [0, 0.1) is 0 Å². The maximum absolute atomic E-state index is 2.46. The zero-order valence-electron chi connectivity index (χ0n) is 28.7. The van der Waals surface area contributed by atoms with Crippen molar-refractivity contribution in [3.05, 3.63) is 193 Å². The van der Waals surface area contributed by atoms with Crippen molar-refractivity contribution in [3.8, 4) is 27.9 Å². The number of rotatable bonds is 5. The van der Waals surface area contributed by atoms with Gasteiger partial charge < -0.3 is 9.47 Å². The van der Waals surface area contributed by atoms with Gasteiger partial charge >= 0.3 is 0 Å². The van der Waals surface area contributed by atoms with Crippen LogP contribution < -0.4 is 4.90 Å². The average molecular weight is 653 g/mol. The molecule has 0 unspecified atom stereocenters. The normalized spacial score (nSPS) is 13.1. The van der Waals surface area contributed by atoms with Gasteiger partial charge in [0.25, 0.3) is 0 Å². The Labute approximate surface area is 298 Å². The van der Waals surface area contributed by atoms with Crippen molar-refractivity contribution >= 4 is 49.6 Å². The number of anilines is 3. The first-order valence-corrected chi connectivity index (χ1v) is 17.8. The molecule has 242 valence electrons. The fraction of sp³-hybridized carbons (Fsp3) is 0.0612. The van der Waals surface area contributed by atoms with E-state index in [0.717, 1.165) is 17.1 Å². The third-order valence-electron chi connectivity index (χ3n) is 11.0. The van der Waals surface area contributed by atoms with Gasteiger partial charge in [-0.25, -0.2) is 0 Å². The van der Waals surface area contributed by atoms with Gasteiger partial charge in [0.1, 0.15) is 0 Å². The van der Waals surface area contributed by atoms with Crippen molar-refractivity contribution in [1.29, 1.82) is 0 Å². The lowest BCUT2D eigenvalue weighted by molar-refractivity contribution is 0.661. The summed E-state index contributed by atoms with van der Waals surface area (Å²) in [7, 11) is 0. The molecule has 0 radical (unpaired) electrons. The fourth-order valence-corrected chi connectivity index (χ4v) is 8.55. The van der Waals surface area contributed by atoms with Gasteiger partial charge in [0.05, 0.1) is 16.7 Å². The Balaban J connectivity index is 1.21. The number of benzene rings is 8. The predicted octanol–water partition coefficient (Wildman–Crippen LogP) is 13.4. The average Bonchev–Trinajstić information content (AvgIpc) is 3.62. The molecule has 1 aliphatic carbocycles. The van der Waals surface area contributed by atoms with E-state index in [-0.39, 0.29) is 5.41 Å². The van der Waals surface area contributed by atoms with Gasteiger partial charge in [-0.3, -0.25) is 0 Å². The quantitative estimate of drug-likeness (QED) is 0.180. The monoisotopic (exact) mass is 652 g/mol. The molecule has 2 heteroatoms. The second kappa shape index (κ2) is 11.3. The second-order valence-corrected chi connectivity index (χ2v) is 14.2. The summed E-state index contributed by atoms with van der Waals surface area (Å²) in [5.41, 5.74) is 14.9. The molecular formula is C49H36N2. The van der Waals surface area contributed by atoms with Crippen molar-refractivity contribution in [3.63, 3.8) is 0 Å². The van der Waals surface area contributed by atoms with Crippen LogP contribution in [0.15, 0.2) is 182 Å². The smallest absolute Gasteiger partial charge is 0.0544 e. The summed E-state index contributed by atoms with van der Waals surface area (Å²) in [6, 6.07) is 66.5. The van der Waals surface area contributed by atoms with Crippen LogP contribution in [0.2, 0.25) is 0 Å². The summed E-state index contributed by atoms with van der Waals surface area (Å²) in [5.74, 6) is 0. The summed E-state index contributed by atoms with van der Waals surface area (Å²) >= 11 is 0. The molecule has 0 saturated carbocycles. The summed E-state index contributed by atoms with van der Waals surface area (Å²) in [5, 5.41) is 4.99. The molecule has 8 aromatic carbocycles. The predicted molar refractivity (Wildman–Crippen MR) is 216 cm³/mol. The van der Waals surface area contributed by atoms with E-state index in [9.17, 15) is 0 Å². The van der Waals surface area contributed by atoms with Crippen LogP contribution in [0.1, 0.15) is 25.0 Å². The van der Waals surface area contributed by atoms with E-state index in [1.54, 1.807) is 0 Å². The molecular weight excluding hydrogens is 617 g/mol. The molecule has 0 saturated heterocycles. The second-order valence-electron chi connectivity index (χ2n) is 14.2. The van der Waals surface area contributed by atoms with E-state index in [0.29, 0.717) is 0 Å². The number of hydrogen-bond acceptors (Lipinski definition) is 1. The Morgan fingerprint density at radius 3 is 1.75 bits per heavy atom. The van der Waals surface area contributed by atoms with E-state index in [1.807, 2.05) is 0 Å². The molecule has 51 heavy (non-hydrogen) atoms. The molecule has 1 heterocycles. The molecule has 0 amide bonds. The van der Waals surface area contributed by atoms with Crippen LogP contribution in [0.5, 0.6) is 0 Å². The Morgan fingerprint density at radius 2 is 1.02 bits per heavy atom. The van der Waals surface area contributed by atoms with Crippen LogP contribution >= 0.6 is 0 Å². The van der Waals surface area contributed by atoms with Gasteiger partial charge in [0.15, 0.2) is 0 Å². The van der Waals surface area contributed by atoms with Crippen molar-refractivity contribution in [2.75, 3.05) is 4.90 Å². The molecule has 0 bridgehead atoms. The van der Waals surface area contributed by atoms with Crippen molar-refractivity contribution in [1.82, 2.24) is 4.57 Å². The van der Waals surface area contributed by atoms with Crippen LogP contribution in [0.3, 0.4) is 0 Å². The molecule has 0 aliphatic heterocycles. The lowest BCUT2D eigenvalue weighted by Gasteiger charge is -2.27. The number of para-hydroxylation sites is 3. The summed E-state index contributed by atoms with van der Waals surface area (Å²) in [4.78, 5) is 2.36. The van der Waals surface area contributed by atoms with Crippen molar-refractivity contribution < 1.29 is 0 Å². The first-order chi connectivity index (χ1) is 25.1. The first-order valence-electron chi connectivity index (χ1n) is 17.8. The number of nitrogens with zero attached hydrogens (tertiary/aromatic N) is 2. The van der Waals surface area contributed by atoms with Crippen LogP contribution in [-0.2, 0) is 5.41 Å². The highest BCUT2D eigenvalue weighted by Gasteiger charge is 2.36. The zero-order valence-corrected chi connectivity index (χ0v) is 28.7. The standard InChI is InChI=1S/C49H36N2/c1-49(2)44-25-15-14-23-39(44)41-31-43-42-30-33(26-28-47(42)51(48(43)32-45(41)49)36-20-10-5-11-21-36)37-27-29-46(40-24-13-12-22-38(37)40)50(34-16-6-3-7-17-34)35-18-8-4-9-19-35/h3-32H,1-2H3. The largest absolute Gasteiger partial charge is 0.310 e. The molecule has 2 nitrogen and oxygen atoms in total. The first kappa shape index (κ1) is 29.5. The van der Waals surface area contributed by atoms with E-state index in [2.05, 4.69) is 205 Å². The minimum absolute atomic E-state index is 0.0721. The Bertz CT molecular complexity index is 2720. The molecule has 10 rings (SSSR count). The summed E-state index contributed by atoms with van der Waals surface area (Å²) in [6.07, 6.45) is 0. The topological polar surface area (TPSA) is 8.17 Å². The summed E-state index contributed by atoms with van der Waals surface area (Å²) in [6.45, 7) is 4.73. The van der Waals surface area contributed by atoms with Crippen LogP contribution in [0.25, 0.3) is 60.5 Å². The highest BCUT2D eigenvalue weighted by Crippen LogP contribution is 2.51. The van der Waals surface area contributed by atoms with Crippen LogP contribution in [-0.4, -0.2) is 4.57 Å². The minimum atomic E-state index is -0.0721. The molecule has 0 spiro atoms. The Kier molecular flexibility index (Phi) is 6.56. The lowest BCUT2D eigenvalue weighted by Crippen LogP contribution is -2.14. The van der Waals surface area contributed by atoms with Gasteiger partial charge in [-0.2, -0.15) is 0 Å². The fourth-order valence-electron chi connectivity index (χ4n) is 8.55.